The van der Waals surface area contributed by atoms with Gasteiger partial charge in [-0.15, -0.1) is 0 Å². The summed E-state index contributed by atoms with van der Waals surface area (Å²) in [6.07, 6.45) is 3.96. The van der Waals surface area contributed by atoms with E-state index in [0.717, 1.165) is 43.7 Å². The molecule has 130 valence electrons. The molecule has 3 aliphatic heterocycles. The van der Waals surface area contributed by atoms with Crippen molar-refractivity contribution < 1.29 is 4.79 Å². The van der Waals surface area contributed by atoms with E-state index in [9.17, 15) is 9.59 Å². The molecule has 5 nitrogen and oxygen atoms in total. The predicted molar refractivity (Wildman–Crippen MR) is 97.2 cm³/mol. The van der Waals surface area contributed by atoms with E-state index in [1.165, 1.54) is 10.6 Å². The molecule has 5 heteroatoms. The Labute approximate surface area is 147 Å². The van der Waals surface area contributed by atoms with Crippen LogP contribution in [0.5, 0.6) is 0 Å². The highest BCUT2D eigenvalue weighted by atomic mass is 16.2. The molecule has 2 bridgehead atoms. The largest absolute Gasteiger partial charge is 0.348 e. The number of pyridine rings is 1. The van der Waals surface area contributed by atoms with Gasteiger partial charge in [0.15, 0.2) is 0 Å². The first-order valence-electron chi connectivity index (χ1n) is 8.93. The van der Waals surface area contributed by atoms with Gasteiger partial charge in [0.25, 0.3) is 11.5 Å². The number of rotatable bonds is 3. The van der Waals surface area contributed by atoms with E-state index >= 15 is 0 Å². The van der Waals surface area contributed by atoms with Crippen LogP contribution in [0, 0.1) is 12.8 Å². The Bertz CT molecular complexity index is 833. The van der Waals surface area contributed by atoms with Crippen molar-refractivity contribution in [2.24, 2.45) is 5.92 Å². The third-order valence-corrected chi connectivity index (χ3v) is 5.46. The fraction of sp³-hybridized carbons (Fsp3) is 0.400. The molecule has 1 aromatic carbocycles. The number of aromatic nitrogens is 1. The molecule has 25 heavy (non-hydrogen) atoms. The molecule has 0 saturated carbocycles. The van der Waals surface area contributed by atoms with Gasteiger partial charge >= 0.3 is 0 Å². The maximum atomic E-state index is 12.7. The van der Waals surface area contributed by atoms with E-state index in [4.69, 9.17) is 0 Å². The van der Waals surface area contributed by atoms with Gasteiger partial charge in [-0.05, 0) is 57.0 Å². The van der Waals surface area contributed by atoms with E-state index in [2.05, 4.69) is 10.2 Å². The van der Waals surface area contributed by atoms with Crippen LogP contribution in [0.4, 0.5) is 0 Å². The van der Waals surface area contributed by atoms with Crippen molar-refractivity contribution in [2.75, 3.05) is 19.6 Å². The minimum atomic E-state index is -0.136. The minimum Gasteiger partial charge on any atom is -0.348 e. The molecule has 3 fully saturated rings. The lowest BCUT2D eigenvalue weighted by Gasteiger charge is -2.44. The van der Waals surface area contributed by atoms with Gasteiger partial charge in [0.1, 0.15) is 0 Å². The molecule has 1 amide bonds. The monoisotopic (exact) mass is 337 g/mol. The Morgan fingerprint density at radius 1 is 1.08 bits per heavy atom. The summed E-state index contributed by atoms with van der Waals surface area (Å²) in [6.45, 7) is 5.24. The average molecular weight is 337 g/mol. The number of carbonyl (C=O) groups excluding carboxylic acids is 1. The van der Waals surface area contributed by atoms with Gasteiger partial charge < -0.3 is 10.2 Å². The van der Waals surface area contributed by atoms with Gasteiger partial charge in [-0.2, -0.15) is 0 Å². The zero-order chi connectivity index (χ0) is 17.4. The quantitative estimate of drug-likeness (QED) is 0.932. The second-order valence-corrected chi connectivity index (χ2v) is 7.18. The van der Waals surface area contributed by atoms with Crippen LogP contribution in [-0.4, -0.2) is 41.1 Å². The molecule has 1 unspecified atom stereocenters. The van der Waals surface area contributed by atoms with Crippen LogP contribution in [0.3, 0.4) is 0 Å². The van der Waals surface area contributed by atoms with Crippen molar-refractivity contribution in [3.63, 3.8) is 0 Å². The SMILES string of the molecule is Cc1ccc(-n2cc(C(=O)NC3CN4CCC3CC4)ccc2=O)cc1. The van der Waals surface area contributed by atoms with Crippen molar-refractivity contribution in [3.05, 3.63) is 64.1 Å². The summed E-state index contributed by atoms with van der Waals surface area (Å²) >= 11 is 0. The predicted octanol–water partition coefficient (Wildman–Crippen LogP) is 1.97. The van der Waals surface area contributed by atoms with Crippen molar-refractivity contribution in [3.8, 4) is 5.69 Å². The number of benzene rings is 1. The molecule has 1 aromatic heterocycles. The Kier molecular flexibility index (Phi) is 4.17. The number of nitrogens with one attached hydrogen (secondary N) is 1. The third kappa shape index (κ3) is 3.24. The van der Waals surface area contributed by atoms with Crippen LogP contribution in [-0.2, 0) is 0 Å². The molecule has 1 N–H and O–H groups in total. The Morgan fingerprint density at radius 2 is 1.80 bits per heavy atom. The minimum absolute atomic E-state index is 0.0976. The fourth-order valence-corrected chi connectivity index (χ4v) is 3.91. The van der Waals surface area contributed by atoms with Crippen LogP contribution in [0.25, 0.3) is 5.69 Å². The van der Waals surface area contributed by atoms with Gasteiger partial charge in [-0.25, -0.2) is 0 Å². The van der Waals surface area contributed by atoms with E-state index < -0.39 is 0 Å². The zero-order valence-corrected chi connectivity index (χ0v) is 14.4. The molecule has 0 radical (unpaired) electrons. The lowest BCUT2D eigenvalue weighted by atomic mass is 9.84. The molecular formula is C20H23N3O2. The highest BCUT2D eigenvalue weighted by molar-refractivity contribution is 5.94. The summed E-state index contributed by atoms with van der Waals surface area (Å²) in [4.78, 5) is 27.3. The second kappa shape index (κ2) is 6.48. The molecule has 5 rings (SSSR count). The van der Waals surface area contributed by atoms with Crippen LogP contribution >= 0.6 is 0 Å². The summed E-state index contributed by atoms with van der Waals surface area (Å²) in [5.74, 6) is 0.483. The first-order chi connectivity index (χ1) is 12.1. The molecule has 0 spiro atoms. The first-order valence-corrected chi connectivity index (χ1v) is 8.93. The van der Waals surface area contributed by atoms with E-state index in [0.29, 0.717) is 11.5 Å². The highest BCUT2D eigenvalue weighted by Crippen LogP contribution is 2.27. The lowest BCUT2D eigenvalue weighted by Crippen LogP contribution is -2.57. The molecule has 0 aliphatic carbocycles. The highest BCUT2D eigenvalue weighted by Gasteiger charge is 2.34. The first kappa shape index (κ1) is 16.1. The van der Waals surface area contributed by atoms with E-state index in [-0.39, 0.29) is 17.5 Å². The number of carbonyl (C=O) groups is 1. The Balaban J connectivity index is 1.56. The second-order valence-electron chi connectivity index (χ2n) is 7.18. The number of hydrogen-bond acceptors (Lipinski definition) is 3. The van der Waals surface area contributed by atoms with Crippen molar-refractivity contribution in [1.82, 2.24) is 14.8 Å². The van der Waals surface area contributed by atoms with E-state index in [1.807, 2.05) is 31.2 Å². The topological polar surface area (TPSA) is 54.3 Å². The number of fused-ring (bicyclic) bond motifs is 3. The van der Waals surface area contributed by atoms with Gasteiger partial charge in [-0.3, -0.25) is 14.2 Å². The molecule has 4 heterocycles. The molecule has 3 aliphatic rings. The smallest absolute Gasteiger partial charge is 0.255 e. The summed E-state index contributed by atoms with van der Waals surface area (Å²) < 4.78 is 1.53. The summed E-state index contributed by atoms with van der Waals surface area (Å²) in [5, 5.41) is 3.18. The summed E-state index contributed by atoms with van der Waals surface area (Å²) in [7, 11) is 0. The number of amides is 1. The van der Waals surface area contributed by atoms with Crippen LogP contribution in [0.1, 0.15) is 28.8 Å². The molecule has 2 aromatic rings. The van der Waals surface area contributed by atoms with Gasteiger partial charge in [0.2, 0.25) is 0 Å². The number of nitrogens with zero attached hydrogens (tertiary/aromatic N) is 2. The Hall–Kier alpha value is -2.40. The average Bonchev–Trinajstić information content (AvgIpc) is 2.64. The molecule has 3 saturated heterocycles. The number of piperidine rings is 3. The summed E-state index contributed by atoms with van der Waals surface area (Å²) in [6, 6.07) is 11.0. The zero-order valence-electron chi connectivity index (χ0n) is 14.4. The number of hydrogen-bond donors (Lipinski definition) is 1. The van der Waals surface area contributed by atoms with E-state index in [1.54, 1.807) is 12.3 Å². The van der Waals surface area contributed by atoms with Gasteiger partial charge in [-0.1, -0.05) is 17.7 Å². The number of aryl methyl sites for hydroxylation is 1. The van der Waals surface area contributed by atoms with Crippen molar-refractivity contribution in [2.45, 2.75) is 25.8 Å². The van der Waals surface area contributed by atoms with Crippen LogP contribution in [0.2, 0.25) is 0 Å². The van der Waals surface area contributed by atoms with Gasteiger partial charge in [0.05, 0.1) is 5.56 Å². The maximum Gasteiger partial charge on any atom is 0.255 e. The lowest BCUT2D eigenvalue weighted by molar-refractivity contribution is 0.0620. The standard InChI is InChI=1S/C20H23N3O2/c1-14-2-5-17(6-3-14)23-12-16(4-7-19(23)24)20(25)21-18-13-22-10-8-15(18)9-11-22/h2-7,12,15,18H,8-11,13H2,1H3,(H,21,25). The third-order valence-electron chi connectivity index (χ3n) is 5.46. The van der Waals surface area contributed by atoms with Crippen LogP contribution < -0.4 is 10.9 Å². The molecule has 1 atom stereocenters. The Morgan fingerprint density at radius 3 is 2.44 bits per heavy atom. The summed E-state index contributed by atoms with van der Waals surface area (Å²) in [5.41, 5.74) is 2.29. The van der Waals surface area contributed by atoms with Gasteiger partial charge in [0, 0.05) is 30.5 Å². The normalized spacial score (nSPS) is 24.9. The van der Waals surface area contributed by atoms with Crippen molar-refractivity contribution >= 4 is 5.91 Å². The van der Waals surface area contributed by atoms with Crippen LogP contribution in [0.15, 0.2) is 47.4 Å². The maximum absolute atomic E-state index is 12.7. The fourth-order valence-electron chi connectivity index (χ4n) is 3.91. The van der Waals surface area contributed by atoms with Crippen molar-refractivity contribution in [1.29, 1.82) is 0 Å². The molecular weight excluding hydrogens is 314 g/mol.